The van der Waals surface area contributed by atoms with Gasteiger partial charge in [-0.2, -0.15) is 0 Å². The molecule has 130 valence electrons. The Balaban J connectivity index is 1.85. The molecule has 0 spiro atoms. The first-order chi connectivity index (χ1) is 10.9. The van der Waals surface area contributed by atoms with Crippen molar-refractivity contribution in [3.63, 3.8) is 0 Å². The summed E-state index contributed by atoms with van der Waals surface area (Å²) in [6.45, 7) is 9.91. The molecule has 2 rings (SSSR count). The Morgan fingerprint density at radius 3 is 2.57 bits per heavy atom. The molecule has 0 N–H and O–H groups in total. The quantitative estimate of drug-likeness (QED) is 0.351. The molecule has 1 aromatic rings. The minimum absolute atomic E-state index is 0.185. The zero-order valence-corrected chi connectivity index (χ0v) is 16.8. The number of ether oxygens (including phenoxy) is 3. The lowest BCUT2D eigenvalue weighted by molar-refractivity contribution is -0.327. The van der Waals surface area contributed by atoms with E-state index in [4.69, 9.17) is 14.2 Å². The lowest BCUT2D eigenvalue weighted by Gasteiger charge is -2.47. The van der Waals surface area contributed by atoms with E-state index >= 15 is 0 Å². The molecule has 1 aromatic carbocycles. The topological polar surface area (TPSA) is 27.7 Å². The molecule has 1 aliphatic heterocycles. The second-order valence-electron chi connectivity index (χ2n) is 6.96. The van der Waals surface area contributed by atoms with Gasteiger partial charge in [-0.15, -0.1) is 0 Å². The summed E-state index contributed by atoms with van der Waals surface area (Å²) in [7, 11) is 0. The summed E-state index contributed by atoms with van der Waals surface area (Å²) < 4.78 is 19.3. The minimum Gasteiger partial charge on any atom is -0.377 e. The fraction of sp³-hybridized carbons (Fsp3) is 0.684. The van der Waals surface area contributed by atoms with E-state index in [1.54, 1.807) is 0 Å². The van der Waals surface area contributed by atoms with Gasteiger partial charge in [-0.3, -0.25) is 0 Å². The minimum atomic E-state index is -0.513. The van der Waals surface area contributed by atoms with E-state index in [-0.39, 0.29) is 12.2 Å². The molecule has 0 aromatic heterocycles. The Morgan fingerprint density at radius 2 is 1.91 bits per heavy atom. The van der Waals surface area contributed by atoms with Crippen molar-refractivity contribution in [3.05, 3.63) is 35.9 Å². The van der Waals surface area contributed by atoms with Crippen molar-refractivity contribution in [1.82, 2.24) is 0 Å². The standard InChI is InChI=1S/C19H29IO3/c1-14(12-20)18-15(2)17(22-19(3,4)23-18)10-11-21-13-16-8-6-5-7-9-16/h5-9,14-15,17-18H,10-13H2,1-4H3/t14-,15+,17-,18-/m0/s1. The smallest absolute Gasteiger partial charge is 0.163 e. The Hall–Kier alpha value is -0.170. The van der Waals surface area contributed by atoms with Crippen LogP contribution >= 0.6 is 22.6 Å². The van der Waals surface area contributed by atoms with E-state index in [1.165, 1.54) is 5.56 Å². The molecule has 0 saturated carbocycles. The third kappa shape index (κ3) is 5.69. The highest BCUT2D eigenvalue weighted by atomic mass is 127. The van der Waals surface area contributed by atoms with Crippen LogP contribution < -0.4 is 0 Å². The van der Waals surface area contributed by atoms with Crippen molar-refractivity contribution < 1.29 is 14.2 Å². The molecule has 4 heteroatoms. The van der Waals surface area contributed by atoms with Gasteiger partial charge in [-0.1, -0.05) is 66.8 Å². The summed E-state index contributed by atoms with van der Waals surface area (Å²) in [5, 5.41) is 0. The maximum atomic E-state index is 6.18. The van der Waals surface area contributed by atoms with Crippen molar-refractivity contribution >= 4 is 22.6 Å². The van der Waals surface area contributed by atoms with Crippen LogP contribution in [0.3, 0.4) is 0 Å². The highest BCUT2D eigenvalue weighted by Gasteiger charge is 2.42. The van der Waals surface area contributed by atoms with E-state index in [9.17, 15) is 0 Å². The highest BCUT2D eigenvalue weighted by molar-refractivity contribution is 14.1. The van der Waals surface area contributed by atoms with Gasteiger partial charge in [0.2, 0.25) is 0 Å². The lowest BCUT2D eigenvalue weighted by Crippen LogP contribution is -2.52. The van der Waals surface area contributed by atoms with Gasteiger partial charge in [0.25, 0.3) is 0 Å². The molecule has 23 heavy (non-hydrogen) atoms. The van der Waals surface area contributed by atoms with Gasteiger partial charge in [-0.25, -0.2) is 0 Å². The first-order valence-corrected chi connectivity index (χ1v) is 9.99. The maximum absolute atomic E-state index is 6.18. The molecule has 0 unspecified atom stereocenters. The largest absolute Gasteiger partial charge is 0.377 e. The van der Waals surface area contributed by atoms with E-state index in [2.05, 4.69) is 48.6 Å². The summed E-state index contributed by atoms with van der Waals surface area (Å²) in [6.07, 6.45) is 1.34. The summed E-state index contributed by atoms with van der Waals surface area (Å²) in [4.78, 5) is 0. The van der Waals surface area contributed by atoms with Crippen LogP contribution in [0.25, 0.3) is 0 Å². The number of hydrogen-bond donors (Lipinski definition) is 0. The molecule has 1 fully saturated rings. The molecular formula is C19H29IO3. The monoisotopic (exact) mass is 432 g/mol. The van der Waals surface area contributed by atoms with Crippen LogP contribution in [0.2, 0.25) is 0 Å². The van der Waals surface area contributed by atoms with Crippen molar-refractivity contribution in [3.8, 4) is 0 Å². The average Bonchev–Trinajstić information content (AvgIpc) is 2.54. The van der Waals surface area contributed by atoms with Crippen LogP contribution in [0.4, 0.5) is 0 Å². The summed E-state index contributed by atoms with van der Waals surface area (Å²) >= 11 is 2.44. The molecule has 1 heterocycles. The van der Waals surface area contributed by atoms with Crippen LogP contribution in [0.1, 0.15) is 39.7 Å². The van der Waals surface area contributed by atoms with Gasteiger partial charge < -0.3 is 14.2 Å². The van der Waals surface area contributed by atoms with Gasteiger partial charge in [0.1, 0.15) is 0 Å². The Morgan fingerprint density at radius 1 is 1.22 bits per heavy atom. The first-order valence-electron chi connectivity index (χ1n) is 8.46. The number of hydrogen-bond acceptors (Lipinski definition) is 3. The summed E-state index contributed by atoms with van der Waals surface area (Å²) in [5.74, 6) is 0.399. The SMILES string of the molecule is C[C@H]1[C@H]([C@@H](C)CI)OC(C)(C)O[C@H]1CCOCc1ccccc1. The predicted molar refractivity (Wildman–Crippen MR) is 102 cm³/mol. The number of benzene rings is 1. The third-order valence-electron chi connectivity index (χ3n) is 4.42. The molecule has 1 aliphatic rings. The summed E-state index contributed by atoms with van der Waals surface area (Å²) in [5.41, 5.74) is 1.21. The molecular weight excluding hydrogens is 403 g/mol. The normalized spacial score (nSPS) is 28.5. The molecule has 0 radical (unpaired) electrons. The van der Waals surface area contributed by atoms with Crippen LogP contribution in [0.15, 0.2) is 30.3 Å². The Labute approximate surface area is 154 Å². The number of halogens is 1. The molecule has 0 bridgehead atoms. The van der Waals surface area contributed by atoms with Gasteiger partial charge >= 0.3 is 0 Å². The summed E-state index contributed by atoms with van der Waals surface area (Å²) in [6, 6.07) is 10.3. The Bertz CT molecular complexity index is 463. The number of alkyl halides is 1. The lowest BCUT2D eigenvalue weighted by atomic mass is 9.87. The van der Waals surface area contributed by atoms with Gasteiger partial charge in [0, 0.05) is 17.0 Å². The van der Waals surface area contributed by atoms with Crippen molar-refractivity contribution in [2.75, 3.05) is 11.0 Å². The average molecular weight is 432 g/mol. The van der Waals surface area contributed by atoms with Crippen LogP contribution in [-0.2, 0) is 20.8 Å². The molecule has 1 saturated heterocycles. The van der Waals surface area contributed by atoms with E-state index in [0.29, 0.717) is 25.0 Å². The second-order valence-corrected chi connectivity index (χ2v) is 7.84. The van der Waals surface area contributed by atoms with E-state index in [1.807, 2.05) is 32.0 Å². The molecule has 3 nitrogen and oxygen atoms in total. The van der Waals surface area contributed by atoms with Gasteiger partial charge in [-0.05, 0) is 31.7 Å². The predicted octanol–water partition coefficient (Wildman–Crippen LogP) is 4.82. The van der Waals surface area contributed by atoms with Gasteiger partial charge in [0.15, 0.2) is 5.79 Å². The highest BCUT2D eigenvalue weighted by Crippen LogP contribution is 2.36. The van der Waals surface area contributed by atoms with Gasteiger partial charge in [0.05, 0.1) is 18.8 Å². The van der Waals surface area contributed by atoms with Crippen LogP contribution in [0.5, 0.6) is 0 Å². The van der Waals surface area contributed by atoms with E-state index < -0.39 is 5.79 Å². The van der Waals surface area contributed by atoms with Crippen molar-refractivity contribution in [1.29, 1.82) is 0 Å². The zero-order chi connectivity index (χ0) is 16.9. The van der Waals surface area contributed by atoms with Crippen LogP contribution in [0, 0.1) is 11.8 Å². The second kappa shape index (κ2) is 8.79. The maximum Gasteiger partial charge on any atom is 0.163 e. The number of rotatable bonds is 7. The Kier molecular flexibility index (Phi) is 7.32. The fourth-order valence-corrected chi connectivity index (χ4v) is 3.66. The first kappa shape index (κ1) is 19.2. The third-order valence-corrected chi connectivity index (χ3v) is 5.81. The molecule has 0 amide bonds. The molecule has 4 atom stereocenters. The van der Waals surface area contributed by atoms with Crippen molar-refractivity contribution in [2.24, 2.45) is 11.8 Å². The van der Waals surface area contributed by atoms with E-state index in [0.717, 1.165) is 10.8 Å². The van der Waals surface area contributed by atoms with Crippen LogP contribution in [-0.4, -0.2) is 29.0 Å². The fourth-order valence-electron chi connectivity index (χ4n) is 3.15. The van der Waals surface area contributed by atoms with Crippen molar-refractivity contribution in [2.45, 2.75) is 58.7 Å². The zero-order valence-electron chi connectivity index (χ0n) is 14.6. The molecule has 0 aliphatic carbocycles.